The second-order valence-electron chi connectivity index (χ2n) is 5.57. The molecule has 0 saturated heterocycles. The first-order valence-corrected chi connectivity index (χ1v) is 6.84. The van der Waals surface area contributed by atoms with Crippen molar-refractivity contribution in [3.8, 4) is 0 Å². The molecule has 1 aliphatic carbocycles. The van der Waals surface area contributed by atoms with Gasteiger partial charge in [-0.1, -0.05) is 26.7 Å². The fraction of sp³-hybridized carbons (Fsp3) is 0.857. The Hall–Kier alpha value is -1.06. The van der Waals surface area contributed by atoms with Gasteiger partial charge in [-0.2, -0.15) is 0 Å². The molecule has 0 aromatic carbocycles. The van der Waals surface area contributed by atoms with E-state index in [9.17, 15) is 14.7 Å². The highest BCUT2D eigenvalue weighted by molar-refractivity contribution is 5.79. The van der Waals surface area contributed by atoms with Crippen LogP contribution in [-0.2, 0) is 14.3 Å². The Morgan fingerprint density at radius 2 is 2.00 bits per heavy atom. The van der Waals surface area contributed by atoms with E-state index in [0.717, 1.165) is 19.3 Å². The summed E-state index contributed by atoms with van der Waals surface area (Å²) < 4.78 is 5.24. The van der Waals surface area contributed by atoms with E-state index >= 15 is 0 Å². The summed E-state index contributed by atoms with van der Waals surface area (Å²) >= 11 is 0. The third-order valence-corrected chi connectivity index (χ3v) is 4.04. The molecule has 1 N–H and O–H groups in total. The Morgan fingerprint density at radius 1 is 1.33 bits per heavy atom. The predicted octanol–water partition coefficient (Wildman–Crippen LogP) is 2.86. The summed E-state index contributed by atoms with van der Waals surface area (Å²) in [6, 6.07) is 0. The van der Waals surface area contributed by atoms with E-state index in [1.54, 1.807) is 6.92 Å². The lowest BCUT2D eigenvalue weighted by atomic mass is 9.87. The lowest BCUT2D eigenvalue weighted by Crippen LogP contribution is -2.25. The minimum atomic E-state index is -0.801. The van der Waals surface area contributed by atoms with Crippen molar-refractivity contribution in [2.45, 2.75) is 52.9 Å². The van der Waals surface area contributed by atoms with Crippen molar-refractivity contribution < 1.29 is 19.4 Å². The number of unbranched alkanes of at least 4 members (excludes halogenated alkanes) is 1. The number of aliphatic carboxylic acids is 1. The highest BCUT2D eigenvalue weighted by Gasteiger charge is 2.49. The van der Waals surface area contributed by atoms with Crippen LogP contribution in [0.15, 0.2) is 0 Å². The molecule has 0 bridgehead atoms. The number of ether oxygens (including phenoxy) is 1. The van der Waals surface area contributed by atoms with Crippen molar-refractivity contribution in [3.63, 3.8) is 0 Å². The minimum absolute atomic E-state index is 0.139. The molecule has 1 saturated carbocycles. The zero-order valence-electron chi connectivity index (χ0n) is 11.6. The summed E-state index contributed by atoms with van der Waals surface area (Å²) in [4.78, 5) is 23.2. The maximum absolute atomic E-state index is 12.0. The van der Waals surface area contributed by atoms with E-state index in [0.29, 0.717) is 19.4 Å². The standard InChI is InChI=1S/C14H24O4/c1-4-6-7-18-12(15)11-9-14(3,13(16)17)8-10(11)5-2/h10-11H,4-9H2,1-3H3,(H,16,17). The highest BCUT2D eigenvalue weighted by atomic mass is 16.5. The van der Waals surface area contributed by atoms with Gasteiger partial charge in [0.25, 0.3) is 0 Å². The van der Waals surface area contributed by atoms with Crippen LogP contribution < -0.4 is 0 Å². The number of hydrogen-bond acceptors (Lipinski definition) is 3. The van der Waals surface area contributed by atoms with E-state index in [1.807, 2.05) is 13.8 Å². The quantitative estimate of drug-likeness (QED) is 0.586. The molecule has 1 rings (SSSR count). The average Bonchev–Trinajstić information content (AvgIpc) is 2.68. The molecule has 0 aliphatic heterocycles. The van der Waals surface area contributed by atoms with Gasteiger partial charge in [-0.3, -0.25) is 9.59 Å². The van der Waals surface area contributed by atoms with Crippen LogP contribution >= 0.6 is 0 Å². The molecule has 3 atom stereocenters. The van der Waals surface area contributed by atoms with Gasteiger partial charge in [0.2, 0.25) is 0 Å². The number of carbonyl (C=O) groups is 2. The maximum atomic E-state index is 12.0. The van der Waals surface area contributed by atoms with Gasteiger partial charge in [-0.05, 0) is 32.1 Å². The molecule has 18 heavy (non-hydrogen) atoms. The van der Waals surface area contributed by atoms with Crippen LogP contribution in [0.4, 0.5) is 0 Å². The maximum Gasteiger partial charge on any atom is 0.309 e. The first-order chi connectivity index (χ1) is 8.44. The highest BCUT2D eigenvalue weighted by Crippen LogP contribution is 2.47. The van der Waals surface area contributed by atoms with Gasteiger partial charge in [0, 0.05) is 0 Å². The van der Waals surface area contributed by atoms with Gasteiger partial charge in [-0.25, -0.2) is 0 Å². The van der Waals surface area contributed by atoms with Crippen LogP contribution in [0, 0.1) is 17.3 Å². The Morgan fingerprint density at radius 3 is 2.50 bits per heavy atom. The lowest BCUT2D eigenvalue weighted by molar-refractivity contribution is -0.151. The molecule has 0 amide bonds. The van der Waals surface area contributed by atoms with E-state index in [2.05, 4.69) is 0 Å². The molecule has 104 valence electrons. The van der Waals surface area contributed by atoms with Crippen molar-refractivity contribution in [1.29, 1.82) is 0 Å². The summed E-state index contributed by atoms with van der Waals surface area (Å²) in [5.41, 5.74) is -0.769. The molecular formula is C14H24O4. The van der Waals surface area contributed by atoms with Gasteiger partial charge >= 0.3 is 11.9 Å². The van der Waals surface area contributed by atoms with Crippen molar-refractivity contribution in [2.24, 2.45) is 17.3 Å². The topological polar surface area (TPSA) is 63.6 Å². The summed E-state index contributed by atoms with van der Waals surface area (Å²) in [5, 5.41) is 9.25. The summed E-state index contributed by atoms with van der Waals surface area (Å²) in [7, 11) is 0. The fourth-order valence-electron chi connectivity index (χ4n) is 2.76. The Kier molecular flexibility index (Phi) is 5.17. The van der Waals surface area contributed by atoms with Crippen LogP contribution in [0.1, 0.15) is 52.9 Å². The van der Waals surface area contributed by atoms with Crippen molar-refractivity contribution in [3.05, 3.63) is 0 Å². The Bertz CT molecular complexity index is 313. The third-order valence-electron chi connectivity index (χ3n) is 4.04. The van der Waals surface area contributed by atoms with Crippen molar-refractivity contribution in [1.82, 2.24) is 0 Å². The monoisotopic (exact) mass is 256 g/mol. The summed E-state index contributed by atoms with van der Waals surface area (Å²) in [6.45, 7) is 6.23. The molecule has 0 radical (unpaired) electrons. The van der Waals surface area contributed by atoms with Crippen LogP contribution in [0.5, 0.6) is 0 Å². The number of rotatable bonds is 6. The van der Waals surface area contributed by atoms with E-state index in [-0.39, 0.29) is 17.8 Å². The minimum Gasteiger partial charge on any atom is -0.481 e. The molecule has 0 aromatic heterocycles. The Balaban J connectivity index is 2.64. The lowest BCUT2D eigenvalue weighted by Gasteiger charge is -2.17. The molecule has 1 fully saturated rings. The fourth-order valence-corrected chi connectivity index (χ4v) is 2.76. The van der Waals surface area contributed by atoms with Crippen LogP contribution in [0.25, 0.3) is 0 Å². The largest absolute Gasteiger partial charge is 0.481 e. The van der Waals surface area contributed by atoms with Crippen LogP contribution in [-0.4, -0.2) is 23.7 Å². The SMILES string of the molecule is CCCCOC(=O)C1CC(C)(C(=O)O)CC1CC. The molecule has 4 nitrogen and oxygen atoms in total. The average molecular weight is 256 g/mol. The normalized spacial score (nSPS) is 31.3. The van der Waals surface area contributed by atoms with Gasteiger partial charge in [-0.15, -0.1) is 0 Å². The second-order valence-corrected chi connectivity index (χ2v) is 5.57. The zero-order chi connectivity index (χ0) is 13.8. The molecule has 1 aliphatic rings. The second kappa shape index (κ2) is 6.21. The van der Waals surface area contributed by atoms with Gasteiger partial charge in [0.15, 0.2) is 0 Å². The van der Waals surface area contributed by atoms with Gasteiger partial charge < -0.3 is 9.84 Å². The van der Waals surface area contributed by atoms with E-state index in [1.165, 1.54) is 0 Å². The summed E-state index contributed by atoms with van der Waals surface area (Å²) in [5.74, 6) is -1.11. The number of carboxylic acids is 1. The Labute approximate surface area is 109 Å². The molecular weight excluding hydrogens is 232 g/mol. The molecule has 0 aromatic rings. The van der Waals surface area contributed by atoms with Crippen molar-refractivity contribution >= 4 is 11.9 Å². The van der Waals surface area contributed by atoms with Gasteiger partial charge in [0.05, 0.1) is 17.9 Å². The van der Waals surface area contributed by atoms with Crippen LogP contribution in [0.2, 0.25) is 0 Å². The zero-order valence-corrected chi connectivity index (χ0v) is 11.6. The van der Waals surface area contributed by atoms with Crippen molar-refractivity contribution in [2.75, 3.05) is 6.61 Å². The molecule has 4 heteroatoms. The van der Waals surface area contributed by atoms with Gasteiger partial charge in [0.1, 0.15) is 0 Å². The van der Waals surface area contributed by atoms with E-state index in [4.69, 9.17) is 4.74 Å². The molecule has 0 heterocycles. The first-order valence-electron chi connectivity index (χ1n) is 6.84. The first kappa shape index (κ1) is 15.0. The number of carbonyl (C=O) groups excluding carboxylic acids is 1. The summed E-state index contributed by atoms with van der Waals surface area (Å²) in [6.07, 6.45) is 3.67. The molecule has 3 unspecified atom stereocenters. The number of carboxylic acid groups (broad SMARTS) is 1. The van der Waals surface area contributed by atoms with E-state index < -0.39 is 11.4 Å². The number of hydrogen-bond donors (Lipinski definition) is 1. The number of esters is 1. The third kappa shape index (κ3) is 3.24. The van der Waals surface area contributed by atoms with Crippen LogP contribution in [0.3, 0.4) is 0 Å². The predicted molar refractivity (Wildman–Crippen MR) is 68.1 cm³/mol. The molecule has 0 spiro atoms. The smallest absolute Gasteiger partial charge is 0.309 e.